The second-order valence-corrected chi connectivity index (χ2v) is 5.90. The molecule has 0 saturated carbocycles. The van der Waals surface area contributed by atoms with Gasteiger partial charge in [-0.25, -0.2) is 0 Å². The van der Waals surface area contributed by atoms with Gasteiger partial charge in [0.2, 0.25) is 0 Å². The van der Waals surface area contributed by atoms with Crippen LogP contribution in [0.2, 0.25) is 5.02 Å². The summed E-state index contributed by atoms with van der Waals surface area (Å²) in [6.45, 7) is 2.93. The Morgan fingerprint density at radius 3 is 2.29 bits per heavy atom. The minimum atomic E-state index is 0.678. The van der Waals surface area contributed by atoms with E-state index in [9.17, 15) is 0 Å². The van der Waals surface area contributed by atoms with Crippen molar-refractivity contribution in [2.75, 3.05) is 36.6 Å². The molecule has 1 aromatic rings. The summed E-state index contributed by atoms with van der Waals surface area (Å²) in [5.74, 6) is 0.952. The van der Waals surface area contributed by atoms with Gasteiger partial charge in [0.1, 0.15) is 0 Å². The van der Waals surface area contributed by atoms with Crippen molar-refractivity contribution in [2.24, 2.45) is 0 Å². The van der Waals surface area contributed by atoms with Crippen LogP contribution < -0.4 is 0 Å². The zero-order valence-corrected chi connectivity index (χ0v) is 13.3. The fourth-order valence-electron chi connectivity index (χ4n) is 1.13. The van der Waals surface area contributed by atoms with Crippen LogP contribution in [0, 0.1) is 0 Å². The van der Waals surface area contributed by atoms with E-state index in [1.807, 2.05) is 24.3 Å². The maximum Gasteiger partial charge on any atom is 0.0700 e. The predicted octanol–water partition coefficient (Wildman–Crippen LogP) is 3.90. The van der Waals surface area contributed by atoms with Crippen molar-refractivity contribution in [3.05, 3.63) is 29.3 Å². The molecular weight excluding hydrogens is 371 g/mol. The molecule has 1 aromatic carbocycles. The number of ether oxygens (including phenoxy) is 2. The lowest BCUT2D eigenvalue weighted by Crippen LogP contribution is -2.07. The van der Waals surface area contributed by atoms with Gasteiger partial charge in [0.05, 0.1) is 26.4 Å². The van der Waals surface area contributed by atoms with Gasteiger partial charge in [0.15, 0.2) is 0 Å². The monoisotopic (exact) mass is 386 g/mol. The van der Waals surface area contributed by atoms with Gasteiger partial charge in [-0.05, 0) is 24.3 Å². The Labute approximate surface area is 126 Å². The Hall–Kier alpha value is 0.510. The molecule has 2 nitrogen and oxygen atoms in total. The Kier molecular flexibility index (Phi) is 9.55. The van der Waals surface area contributed by atoms with Gasteiger partial charge in [0, 0.05) is 20.1 Å². The predicted molar refractivity (Wildman–Crippen MR) is 82.7 cm³/mol. The molecule has 0 bridgehead atoms. The topological polar surface area (TPSA) is 18.5 Å². The normalized spacial score (nSPS) is 10.7. The van der Waals surface area contributed by atoms with Gasteiger partial charge in [-0.1, -0.05) is 34.2 Å². The Balaban J connectivity index is 1.95. The molecule has 0 saturated heterocycles. The van der Waals surface area contributed by atoms with Gasteiger partial charge in [-0.15, -0.1) is 11.8 Å². The van der Waals surface area contributed by atoms with Crippen molar-refractivity contribution < 1.29 is 9.47 Å². The number of hydrogen-bond donors (Lipinski definition) is 0. The van der Waals surface area contributed by atoms with Crippen molar-refractivity contribution in [3.63, 3.8) is 0 Å². The first-order valence-electron chi connectivity index (χ1n) is 5.43. The number of hydrogen-bond acceptors (Lipinski definition) is 3. The maximum absolute atomic E-state index is 5.81. The Morgan fingerprint density at radius 2 is 1.65 bits per heavy atom. The molecule has 0 N–H and O–H groups in total. The third kappa shape index (κ3) is 8.26. The van der Waals surface area contributed by atoms with E-state index in [0.29, 0.717) is 13.2 Å². The van der Waals surface area contributed by atoms with Crippen LogP contribution >= 0.6 is 46.0 Å². The largest absolute Gasteiger partial charge is 0.378 e. The van der Waals surface area contributed by atoms with Crippen molar-refractivity contribution in [1.82, 2.24) is 0 Å². The first-order valence-corrected chi connectivity index (χ1v) is 8.31. The van der Waals surface area contributed by atoms with Crippen LogP contribution in [0.4, 0.5) is 0 Å². The zero-order valence-electron chi connectivity index (χ0n) is 9.53. The highest BCUT2D eigenvalue weighted by atomic mass is 127. The Bertz CT molecular complexity index is 295. The standard InChI is InChI=1S/C12H16ClIO2S/c13-11-1-3-12(4-2-11)17-10-9-16-8-7-15-6-5-14/h1-4H,5-10H2. The molecule has 0 aliphatic carbocycles. The lowest BCUT2D eigenvalue weighted by atomic mass is 10.4. The highest BCUT2D eigenvalue weighted by Gasteiger charge is 1.95. The minimum absolute atomic E-state index is 0.678. The average molecular weight is 387 g/mol. The van der Waals surface area contributed by atoms with Crippen molar-refractivity contribution in [2.45, 2.75) is 4.90 Å². The number of rotatable bonds is 9. The average Bonchev–Trinajstić information content (AvgIpc) is 2.35. The second kappa shape index (κ2) is 10.4. The molecule has 0 unspecified atom stereocenters. The van der Waals surface area contributed by atoms with E-state index in [-0.39, 0.29) is 0 Å². The summed E-state index contributed by atoms with van der Waals surface area (Å²) in [6, 6.07) is 7.86. The summed E-state index contributed by atoms with van der Waals surface area (Å²) in [6.07, 6.45) is 0. The quantitative estimate of drug-likeness (QED) is 0.277. The molecule has 0 heterocycles. The maximum atomic E-state index is 5.81. The molecule has 17 heavy (non-hydrogen) atoms. The molecule has 96 valence electrons. The van der Waals surface area contributed by atoms with Crippen molar-refractivity contribution >= 4 is 46.0 Å². The van der Waals surface area contributed by atoms with E-state index in [1.165, 1.54) is 4.90 Å². The van der Waals surface area contributed by atoms with Crippen LogP contribution in [0.1, 0.15) is 0 Å². The first-order chi connectivity index (χ1) is 8.33. The highest BCUT2D eigenvalue weighted by Crippen LogP contribution is 2.19. The summed E-state index contributed by atoms with van der Waals surface area (Å²) in [7, 11) is 0. The first kappa shape index (κ1) is 15.6. The molecule has 0 spiro atoms. The molecule has 0 amide bonds. The van der Waals surface area contributed by atoms with Crippen LogP contribution in [-0.2, 0) is 9.47 Å². The summed E-state index contributed by atoms with van der Waals surface area (Å²) in [5, 5.41) is 0.776. The summed E-state index contributed by atoms with van der Waals surface area (Å²) in [5.41, 5.74) is 0. The fourth-order valence-corrected chi connectivity index (χ4v) is 2.33. The van der Waals surface area contributed by atoms with E-state index in [4.69, 9.17) is 21.1 Å². The van der Waals surface area contributed by atoms with Crippen molar-refractivity contribution in [3.8, 4) is 0 Å². The number of benzene rings is 1. The molecule has 0 aromatic heterocycles. The second-order valence-electron chi connectivity index (χ2n) is 3.22. The van der Waals surface area contributed by atoms with E-state index >= 15 is 0 Å². The number of thioether (sulfide) groups is 1. The van der Waals surface area contributed by atoms with Gasteiger partial charge in [-0.3, -0.25) is 0 Å². The lowest BCUT2D eigenvalue weighted by molar-refractivity contribution is 0.0611. The van der Waals surface area contributed by atoms with E-state index in [2.05, 4.69) is 22.6 Å². The summed E-state index contributed by atoms with van der Waals surface area (Å²) >= 11 is 9.87. The van der Waals surface area contributed by atoms with E-state index in [1.54, 1.807) is 11.8 Å². The van der Waals surface area contributed by atoms with Crippen LogP contribution in [0.5, 0.6) is 0 Å². The molecule has 0 radical (unpaired) electrons. The molecule has 1 rings (SSSR count). The Morgan fingerprint density at radius 1 is 1.00 bits per heavy atom. The third-order valence-electron chi connectivity index (χ3n) is 1.90. The molecule has 0 aliphatic heterocycles. The van der Waals surface area contributed by atoms with Crippen LogP contribution in [0.25, 0.3) is 0 Å². The summed E-state index contributed by atoms with van der Waals surface area (Å²) < 4.78 is 11.8. The van der Waals surface area contributed by atoms with Gasteiger partial charge in [-0.2, -0.15) is 0 Å². The van der Waals surface area contributed by atoms with Crippen molar-refractivity contribution in [1.29, 1.82) is 0 Å². The van der Waals surface area contributed by atoms with Gasteiger partial charge >= 0.3 is 0 Å². The number of halogens is 2. The van der Waals surface area contributed by atoms with Crippen LogP contribution in [0.3, 0.4) is 0 Å². The molecule has 5 heteroatoms. The molecule has 0 atom stereocenters. The van der Waals surface area contributed by atoms with E-state index < -0.39 is 0 Å². The van der Waals surface area contributed by atoms with E-state index in [0.717, 1.165) is 28.4 Å². The molecular formula is C12H16ClIO2S. The SMILES string of the molecule is Clc1ccc(SCCOCCOCCI)cc1. The molecule has 0 fully saturated rings. The van der Waals surface area contributed by atoms with Gasteiger partial charge in [0.25, 0.3) is 0 Å². The minimum Gasteiger partial charge on any atom is -0.378 e. The number of alkyl halides is 1. The summed E-state index contributed by atoms with van der Waals surface area (Å²) in [4.78, 5) is 1.22. The van der Waals surface area contributed by atoms with Crippen LogP contribution in [0.15, 0.2) is 29.2 Å². The third-order valence-corrected chi connectivity index (χ3v) is 3.57. The van der Waals surface area contributed by atoms with Gasteiger partial charge < -0.3 is 9.47 Å². The van der Waals surface area contributed by atoms with Crippen LogP contribution in [-0.4, -0.2) is 36.6 Å². The molecule has 0 aliphatic rings. The zero-order chi connectivity index (χ0) is 12.3. The smallest absolute Gasteiger partial charge is 0.0700 e. The lowest BCUT2D eigenvalue weighted by Gasteiger charge is -2.05. The fraction of sp³-hybridized carbons (Fsp3) is 0.500. The highest BCUT2D eigenvalue weighted by molar-refractivity contribution is 14.1.